The van der Waals surface area contributed by atoms with Crippen molar-refractivity contribution in [3.8, 4) is 0 Å². The molecule has 0 saturated carbocycles. The van der Waals surface area contributed by atoms with Gasteiger partial charge in [-0.05, 0) is 83.9 Å². The third-order valence-corrected chi connectivity index (χ3v) is 9.57. The van der Waals surface area contributed by atoms with Crippen molar-refractivity contribution in [2.75, 3.05) is 21.2 Å². The number of fused-ring (bicyclic) bond motifs is 3. The highest BCUT2D eigenvalue weighted by Crippen LogP contribution is 2.45. The summed E-state index contributed by atoms with van der Waals surface area (Å²) in [6.07, 6.45) is 1.05. The van der Waals surface area contributed by atoms with Gasteiger partial charge in [-0.3, -0.25) is 0 Å². The minimum atomic E-state index is 0.309. The normalized spacial score (nSPS) is 13.3. The van der Waals surface area contributed by atoms with E-state index in [0.717, 1.165) is 29.9 Å². The molecule has 3 nitrogen and oxygen atoms in total. The van der Waals surface area contributed by atoms with E-state index in [1.807, 2.05) is 0 Å². The van der Waals surface area contributed by atoms with Crippen LogP contribution in [-0.2, 0) is 0 Å². The molecule has 46 heavy (non-hydrogen) atoms. The lowest BCUT2D eigenvalue weighted by atomic mass is 9.35. The molecule has 218 valence electrons. The first-order valence-electron chi connectivity index (χ1n) is 16.1. The summed E-state index contributed by atoms with van der Waals surface area (Å²) in [5, 5.41) is 2.49. The second kappa shape index (κ2) is 11.0. The molecule has 0 spiro atoms. The van der Waals surface area contributed by atoms with Crippen LogP contribution < -0.4 is 25.6 Å². The third-order valence-electron chi connectivity index (χ3n) is 9.57. The number of rotatable bonds is 5. The fourth-order valence-corrected chi connectivity index (χ4v) is 7.59. The highest BCUT2D eigenvalue weighted by Gasteiger charge is 2.40. The number of anilines is 8. The van der Waals surface area contributed by atoms with Crippen LogP contribution >= 0.6 is 0 Å². The summed E-state index contributed by atoms with van der Waals surface area (Å²) in [7, 11) is 0. The molecule has 0 unspecified atom stereocenters. The largest absolute Gasteiger partial charge is 0.343 e. The van der Waals surface area contributed by atoms with Gasteiger partial charge in [-0.25, -0.2) is 0 Å². The van der Waals surface area contributed by atoms with E-state index in [9.17, 15) is 0 Å². The first-order valence-corrected chi connectivity index (χ1v) is 16.1. The summed E-state index contributed by atoms with van der Waals surface area (Å²) in [6, 6.07) is 61.7. The van der Waals surface area contributed by atoms with E-state index in [0.29, 0.717) is 6.71 Å². The van der Waals surface area contributed by atoms with Crippen LogP contribution in [0.5, 0.6) is 0 Å². The molecule has 0 N–H and O–H groups in total. The van der Waals surface area contributed by atoms with Crippen LogP contribution in [0.4, 0.5) is 45.5 Å². The predicted octanol–water partition coefficient (Wildman–Crippen LogP) is 9.85. The van der Waals surface area contributed by atoms with Crippen LogP contribution in [0.1, 0.15) is 0 Å². The first-order chi connectivity index (χ1) is 22.8. The van der Waals surface area contributed by atoms with Crippen LogP contribution in [0.25, 0.3) is 10.8 Å². The molecule has 0 amide bonds. The lowest BCUT2D eigenvalue weighted by Gasteiger charge is -2.43. The van der Waals surface area contributed by atoms with Crippen LogP contribution in [0, 0.1) is 0 Å². The van der Waals surface area contributed by atoms with Gasteiger partial charge < -0.3 is 14.7 Å². The zero-order valence-corrected chi connectivity index (χ0v) is 25.5. The minimum Gasteiger partial charge on any atom is -0.343 e. The smallest absolute Gasteiger partial charge is 0.219 e. The first kappa shape index (κ1) is 26.6. The molecule has 7 aromatic carbocycles. The highest BCUT2D eigenvalue weighted by molar-refractivity contribution is 6.89. The van der Waals surface area contributed by atoms with Crippen molar-refractivity contribution in [2.24, 2.45) is 0 Å². The monoisotopic (exact) mass is 589 g/mol. The van der Waals surface area contributed by atoms with E-state index in [4.69, 9.17) is 0 Å². The Bertz CT molecular complexity index is 2140. The number of nitrogens with zero attached hydrogens (tertiary/aromatic N) is 3. The quantitative estimate of drug-likeness (QED) is 0.185. The number of hydrogen-bond donors (Lipinski definition) is 0. The maximum Gasteiger partial charge on any atom is 0.219 e. The maximum atomic E-state index is 2.53. The van der Waals surface area contributed by atoms with Gasteiger partial charge in [0.15, 0.2) is 0 Å². The summed E-state index contributed by atoms with van der Waals surface area (Å²) < 4.78 is 0. The zero-order valence-electron chi connectivity index (χ0n) is 25.5. The Labute approximate surface area is 270 Å². The van der Waals surface area contributed by atoms with E-state index in [1.165, 1.54) is 50.1 Å². The fourth-order valence-electron chi connectivity index (χ4n) is 7.59. The van der Waals surface area contributed by atoms with Crippen LogP contribution in [-0.4, -0.2) is 13.3 Å². The van der Waals surface area contributed by atoms with Gasteiger partial charge in [0.1, 0.15) is 0 Å². The minimum absolute atomic E-state index is 0.309. The van der Waals surface area contributed by atoms with Crippen molar-refractivity contribution in [1.82, 2.24) is 0 Å². The Morgan fingerprint density at radius 2 is 1.09 bits per heavy atom. The Balaban J connectivity index is 1.30. The van der Waals surface area contributed by atoms with Crippen LogP contribution in [0.2, 0.25) is 6.32 Å². The molecular weight excluding hydrogens is 557 g/mol. The van der Waals surface area contributed by atoms with Gasteiger partial charge >= 0.3 is 0 Å². The number of hydrogen-bond acceptors (Lipinski definition) is 3. The van der Waals surface area contributed by atoms with Crippen molar-refractivity contribution in [2.45, 2.75) is 6.32 Å². The van der Waals surface area contributed by atoms with Gasteiger partial charge in [-0.1, -0.05) is 109 Å². The highest BCUT2D eigenvalue weighted by atomic mass is 15.2. The van der Waals surface area contributed by atoms with Crippen molar-refractivity contribution in [1.29, 1.82) is 0 Å². The van der Waals surface area contributed by atoms with Crippen molar-refractivity contribution < 1.29 is 0 Å². The lowest BCUT2D eigenvalue weighted by Crippen LogP contribution is -2.55. The average Bonchev–Trinajstić information content (AvgIpc) is 3.13. The molecule has 2 aliphatic heterocycles. The second-order valence-electron chi connectivity index (χ2n) is 12.1. The number of para-hydroxylation sites is 3. The maximum absolute atomic E-state index is 2.53. The molecule has 0 fully saturated rings. The molecular formula is C42H32BN3. The molecule has 9 rings (SSSR count). The summed E-state index contributed by atoms with van der Waals surface area (Å²) in [4.78, 5) is 7.40. The van der Waals surface area contributed by atoms with Crippen LogP contribution in [0.15, 0.2) is 170 Å². The van der Waals surface area contributed by atoms with E-state index in [2.05, 4.69) is 185 Å². The Morgan fingerprint density at radius 1 is 0.478 bits per heavy atom. The summed E-state index contributed by atoms with van der Waals surface area (Å²) >= 11 is 0. The fraction of sp³-hybridized carbons (Fsp3) is 0.0476. The lowest BCUT2D eigenvalue weighted by molar-refractivity contribution is 1.000. The SMILES string of the molecule is c1ccc(N2CCB3c4ccc(N(c5ccccc5)c5ccccc5)cc4N(c4cccc5ccccc45)c4cccc2c43)cc1. The average molecular weight is 590 g/mol. The van der Waals surface area contributed by atoms with Gasteiger partial charge in [-0.2, -0.15) is 0 Å². The molecule has 0 aliphatic carbocycles. The molecule has 2 heterocycles. The van der Waals surface area contributed by atoms with Crippen LogP contribution in [0.3, 0.4) is 0 Å². The summed E-state index contributed by atoms with van der Waals surface area (Å²) in [6.45, 7) is 1.28. The summed E-state index contributed by atoms with van der Waals surface area (Å²) in [5.74, 6) is 0. The van der Waals surface area contributed by atoms with E-state index < -0.39 is 0 Å². The van der Waals surface area contributed by atoms with E-state index in [-0.39, 0.29) is 0 Å². The van der Waals surface area contributed by atoms with E-state index in [1.54, 1.807) is 0 Å². The van der Waals surface area contributed by atoms with Gasteiger partial charge in [-0.15, -0.1) is 0 Å². The Hall–Kier alpha value is -5.74. The molecule has 0 radical (unpaired) electrons. The van der Waals surface area contributed by atoms with Gasteiger partial charge in [0.2, 0.25) is 6.71 Å². The molecule has 0 bridgehead atoms. The molecule has 2 aliphatic rings. The molecule has 0 saturated heterocycles. The standard InChI is InChI=1S/C42H32BN3/c1-4-16-32(17-5-1)44-29-28-43-37-27-26-35(45(33-18-6-2-7-19-33)34-20-8-3-9-21-34)30-41(37)46(40-25-13-24-39(44)42(40)43)38-23-12-15-31-14-10-11-22-36(31)38/h1-27,30H,28-29H2. The molecule has 4 heteroatoms. The molecule has 7 aromatic rings. The predicted molar refractivity (Wildman–Crippen MR) is 197 cm³/mol. The van der Waals surface area contributed by atoms with Gasteiger partial charge in [0.25, 0.3) is 0 Å². The molecule has 0 atom stereocenters. The third kappa shape index (κ3) is 4.29. The second-order valence-corrected chi connectivity index (χ2v) is 12.1. The zero-order chi connectivity index (χ0) is 30.5. The van der Waals surface area contributed by atoms with Crippen molar-refractivity contribution in [3.05, 3.63) is 170 Å². The summed E-state index contributed by atoms with van der Waals surface area (Å²) in [5.41, 5.74) is 12.5. The Morgan fingerprint density at radius 3 is 1.85 bits per heavy atom. The van der Waals surface area contributed by atoms with Crippen molar-refractivity contribution >= 4 is 73.9 Å². The van der Waals surface area contributed by atoms with E-state index >= 15 is 0 Å². The van der Waals surface area contributed by atoms with Gasteiger partial charge in [0.05, 0.1) is 5.69 Å². The Kier molecular flexibility index (Phi) is 6.38. The molecule has 0 aromatic heterocycles. The van der Waals surface area contributed by atoms with Crippen molar-refractivity contribution in [3.63, 3.8) is 0 Å². The van der Waals surface area contributed by atoms with Gasteiger partial charge in [0, 0.05) is 51.7 Å². The topological polar surface area (TPSA) is 9.72 Å². The number of benzene rings is 7.